The third-order valence-corrected chi connectivity index (χ3v) is 10.4. The highest BCUT2D eigenvalue weighted by Gasteiger charge is 2.25. The van der Waals surface area contributed by atoms with Crippen LogP contribution in [0.4, 0.5) is 28.4 Å². The fourth-order valence-corrected chi connectivity index (χ4v) is 7.07. The number of ether oxygens (including phenoxy) is 2. The maximum absolute atomic E-state index is 12.4. The molecule has 0 saturated heterocycles. The summed E-state index contributed by atoms with van der Waals surface area (Å²) in [6, 6.07) is 8.95. The Morgan fingerprint density at radius 3 is 1.72 bits per heavy atom. The first kappa shape index (κ1) is 40.0. The van der Waals surface area contributed by atoms with Gasteiger partial charge in [-0.15, -0.1) is 20.5 Å². The van der Waals surface area contributed by atoms with Crippen LogP contribution in [0.3, 0.4) is 0 Å². The summed E-state index contributed by atoms with van der Waals surface area (Å²) >= 11 is 6.21. The van der Waals surface area contributed by atoms with Crippen molar-refractivity contribution in [3.63, 3.8) is 0 Å². The number of aromatic hydroxyl groups is 2. The highest BCUT2D eigenvalue weighted by Crippen LogP contribution is 2.47. The molecule has 286 valence electrons. The molecule has 0 amide bonds. The van der Waals surface area contributed by atoms with Crippen molar-refractivity contribution >= 4 is 91.9 Å². The second-order valence-electron chi connectivity index (χ2n) is 10.8. The Morgan fingerprint density at radius 2 is 1.19 bits per heavy atom. The van der Waals surface area contributed by atoms with Gasteiger partial charge in [0.15, 0.2) is 5.75 Å². The molecule has 9 N–H and O–H groups in total. The number of nitrogens with zero attached hydrogens (tertiary/aromatic N) is 4. The number of nitrogen functional groups attached to an aromatic ring is 1. The lowest BCUT2D eigenvalue weighted by Crippen LogP contribution is -2.04. The molecule has 0 bridgehead atoms. The number of aliphatic hydroxyl groups is 2. The highest BCUT2D eigenvalue weighted by molar-refractivity contribution is 7.86. The minimum absolute atomic E-state index is 0.00702. The van der Waals surface area contributed by atoms with E-state index in [2.05, 4.69) is 20.5 Å². The largest absolute Gasteiger partial charge is 0.507 e. The van der Waals surface area contributed by atoms with Gasteiger partial charge in [0.05, 0.1) is 39.9 Å². The second-order valence-corrected chi connectivity index (χ2v) is 15.4. The van der Waals surface area contributed by atoms with Crippen molar-refractivity contribution < 1.29 is 68.8 Å². The average molecular weight is 828 g/mol. The van der Waals surface area contributed by atoms with Crippen LogP contribution < -0.4 is 15.2 Å². The number of fused-ring (bicyclic) bond motifs is 2. The molecule has 5 aromatic carbocycles. The standard InChI is InChI=1S/C30H26ClN5O15S3/c31-28-16-11-26(54(47,48)49)29(30(40)15(16)1-2-18(28)32)36-35-21-13-23(50-7-5-37)20(12-24(21)51-8-6-38)34-33-19-3-4-25(53(44,45)46)17-9-14(52(41,42)43)10-22(39)27(17)19/h1-4,9-13,37-40H,5-8,32H2,(H,41,42,43)(H,44,45,46)(H,47,48,49). The van der Waals surface area contributed by atoms with Crippen LogP contribution in [0.25, 0.3) is 21.5 Å². The van der Waals surface area contributed by atoms with Gasteiger partial charge in [-0.2, -0.15) is 25.3 Å². The maximum atomic E-state index is 12.4. The van der Waals surface area contributed by atoms with Gasteiger partial charge in [0.25, 0.3) is 30.4 Å². The zero-order valence-corrected chi connectivity index (χ0v) is 30.1. The van der Waals surface area contributed by atoms with Gasteiger partial charge in [0.2, 0.25) is 0 Å². The molecule has 0 atom stereocenters. The second kappa shape index (κ2) is 15.2. The molecule has 54 heavy (non-hydrogen) atoms. The summed E-state index contributed by atoms with van der Waals surface area (Å²) in [7, 11) is -15.1. The molecule has 0 saturated carbocycles. The van der Waals surface area contributed by atoms with Gasteiger partial charge in [0, 0.05) is 34.4 Å². The number of phenolic OH excluding ortho intramolecular Hbond substituents is 2. The number of benzene rings is 5. The van der Waals surface area contributed by atoms with Gasteiger partial charge in [-0.3, -0.25) is 13.7 Å². The van der Waals surface area contributed by atoms with Crippen molar-refractivity contribution in [2.24, 2.45) is 20.5 Å². The third-order valence-electron chi connectivity index (χ3n) is 7.32. The Morgan fingerprint density at radius 1 is 0.630 bits per heavy atom. The van der Waals surface area contributed by atoms with E-state index in [1.165, 1.54) is 12.1 Å². The number of azo groups is 2. The molecular formula is C30H26ClN5O15S3. The molecule has 0 heterocycles. The van der Waals surface area contributed by atoms with E-state index in [1.807, 2.05) is 0 Å². The zero-order valence-electron chi connectivity index (χ0n) is 26.9. The van der Waals surface area contributed by atoms with Gasteiger partial charge in [-0.25, -0.2) is 0 Å². The molecule has 0 unspecified atom stereocenters. The molecule has 5 rings (SSSR count). The predicted octanol–water partition coefficient (Wildman–Crippen LogP) is 4.95. The monoisotopic (exact) mass is 827 g/mol. The summed E-state index contributed by atoms with van der Waals surface area (Å²) in [5.74, 6) is -2.05. The quantitative estimate of drug-likeness (QED) is 0.0442. The molecule has 0 aliphatic carbocycles. The smallest absolute Gasteiger partial charge is 0.296 e. The van der Waals surface area contributed by atoms with E-state index in [0.717, 1.165) is 30.3 Å². The maximum Gasteiger partial charge on any atom is 0.296 e. The SMILES string of the molecule is Nc1ccc2c(O)c(N=Nc3cc(OCCO)c(N=Nc4ccc(S(=O)(=O)O)c5cc(S(=O)(=O)O)cc(O)c45)cc3OCCO)c(S(=O)(=O)O)cc2c1Cl. The Bertz CT molecular complexity index is 2730. The summed E-state index contributed by atoms with van der Waals surface area (Å²) in [6.45, 7) is -1.73. The van der Waals surface area contributed by atoms with Gasteiger partial charge in [-0.1, -0.05) is 11.6 Å². The van der Waals surface area contributed by atoms with Crippen molar-refractivity contribution in [1.29, 1.82) is 0 Å². The van der Waals surface area contributed by atoms with Crippen molar-refractivity contribution in [1.82, 2.24) is 0 Å². The Kier molecular flexibility index (Phi) is 11.3. The molecule has 0 spiro atoms. The van der Waals surface area contributed by atoms with Crippen LogP contribution in [0, 0.1) is 0 Å². The van der Waals surface area contributed by atoms with E-state index in [1.54, 1.807) is 0 Å². The number of halogens is 1. The summed E-state index contributed by atoms with van der Waals surface area (Å²) in [4.78, 5) is -2.65. The number of rotatable bonds is 13. The normalized spacial score (nSPS) is 12.7. The molecule has 0 radical (unpaired) electrons. The number of nitrogens with two attached hydrogens (primary N) is 1. The summed E-state index contributed by atoms with van der Waals surface area (Å²) < 4.78 is 113. The van der Waals surface area contributed by atoms with Crippen molar-refractivity contribution in [3.8, 4) is 23.0 Å². The van der Waals surface area contributed by atoms with Crippen LogP contribution in [0.5, 0.6) is 23.0 Å². The lowest BCUT2D eigenvalue weighted by molar-refractivity contribution is 0.198. The average Bonchev–Trinajstić information content (AvgIpc) is 3.08. The first-order chi connectivity index (χ1) is 25.3. The molecule has 24 heteroatoms. The van der Waals surface area contributed by atoms with E-state index in [-0.39, 0.29) is 63.3 Å². The Hall–Kier alpha value is -5.24. The fourth-order valence-electron chi connectivity index (χ4n) is 4.99. The molecular weight excluding hydrogens is 802 g/mol. The highest BCUT2D eigenvalue weighted by atomic mass is 35.5. The van der Waals surface area contributed by atoms with E-state index in [9.17, 15) is 59.3 Å². The van der Waals surface area contributed by atoms with E-state index >= 15 is 0 Å². The first-order valence-electron chi connectivity index (χ1n) is 14.7. The molecule has 0 aliphatic rings. The minimum Gasteiger partial charge on any atom is -0.507 e. The topological polar surface area (TPSA) is 338 Å². The molecule has 5 aromatic rings. The van der Waals surface area contributed by atoms with Crippen molar-refractivity contribution in [2.45, 2.75) is 14.7 Å². The van der Waals surface area contributed by atoms with E-state index in [4.69, 9.17) is 26.8 Å². The number of anilines is 1. The van der Waals surface area contributed by atoms with Crippen molar-refractivity contribution in [3.05, 3.63) is 59.6 Å². The van der Waals surface area contributed by atoms with Gasteiger partial charge >= 0.3 is 0 Å². The van der Waals surface area contributed by atoms with Gasteiger partial charge in [0.1, 0.15) is 57.3 Å². The Balaban J connectivity index is 1.70. The number of hydrogen-bond donors (Lipinski definition) is 8. The van der Waals surface area contributed by atoms with Crippen LogP contribution in [-0.4, -0.2) is 85.8 Å². The molecule has 20 nitrogen and oxygen atoms in total. The van der Waals surface area contributed by atoms with Gasteiger partial charge < -0.3 is 35.6 Å². The van der Waals surface area contributed by atoms with Crippen LogP contribution >= 0.6 is 11.6 Å². The predicted molar refractivity (Wildman–Crippen MR) is 190 cm³/mol. The van der Waals surface area contributed by atoms with Crippen LogP contribution in [0.2, 0.25) is 5.02 Å². The number of hydrogen-bond acceptors (Lipinski definition) is 17. The molecule has 0 fully saturated rings. The summed E-state index contributed by atoms with van der Waals surface area (Å²) in [5, 5.41) is 55.4. The zero-order chi connectivity index (χ0) is 39.7. The van der Waals surface area contributed by atoms with E-state index in [0.29, 0.717) is 12.1 Å². The summed E-state index contributed by atoms with van der Waals surface area (Å²) in [6.07, 6.45) is 0. The fraction of sp³-hybridized carbons (Fsp3) is 0.133. The van der Waals surface area contributed by atoms with E-state index < -0.39 is 86.2 Å². The van der Waals surface area contributed by atoms with Crippen LogP contribution in [0.15, 0.2) is 89.7 Å². The first-order valence-corrected chi connectivity index (χ1v) is 19.4. The number of phenols is 2. The minimum atomic E-state index is -5.07. The van der Waals surface area contributed by atoms with Crippen molar-refractivity contribution in [2.75, 3.05) is 32.2 Å². The van der Waals surface area contributed by atoms with Crippen LogP contribution in [0.1, 0.15) is 0 Å². The molecule has 0 aliphatic heterocycles. The number of aliphatic hydroxyl groups excluding tert-OH is 2. The Labute approximate surface area is 309 Å². The lowest BCUT2D eigenvalue weighted by atomic mass is 10.1. The van der Waals surface area contributed by atoms with Crippen LogP contribution in [-0.2, 0) is 30.4 Å². The lowest BCUT2D eigenvalue weighted by Gasteiger charge is -2.13. The summed E-state index contributed by atoms with van der Waals surface area (Å²) in [5.41, 5.74) is 4.38. The third kappa shape index (κ3) is 8.28. The van der Waals surface area contributed by atoms with Gasteiger partial charge in [-0.05, 0) is 36.4 Å². The molecule has 0 aromatic heterocycles.